The molecule has 7 heteroatoms. The zero-order valence-electron chi connectivity index (χ0n) is 15.1. The van der Waals surface area contributed by atoms with Crippen molar-refractivity contribution in [2.75, 3.05) is 29.9 Å². The van der Waals surface area contributed by atoms with Gasteiger partial charge in [0.2, 0.25) is 5.91 Å². The van der Waals surface area contributed by atoms with Gasteiger partial charge >= 0.3 is 6.03 Å². The topological polar surface area (TPSA) is 70.7 Å². The summed E-state index contributed by atoms with van der Waals surface area (Å²) < 4.78 is 18.5. The van der Waals surface area contributed by atoms with Gasteiger partial charge in [0.1, 0.15) is 11.6 Å². The summed E-state index contributed by atoms with van der Waals surface area (Å²) in [6, 6.07) is 12.7. The number of para-hydroxylation sites is 2. The van der Waals surface area contributed by atoms with E-state index < -0.39 is 0 Å². The van der Waals surface area contributed by atoms with E-state index in [1.165, 1.54) is 12.1 Å². The third-order valence-electron chi connectivity index (χ3n) is 4.33. The number of nitrogens with one attached hydrogen (secondary N) is 2. The first kappa shape index (κ1) is 18.7. The van der Waals surface area contributed by atoms with Gasteiger partial charge in [-0.25, -0.2) is 9.18 Å². The summed E-state index contributed by atoms with van der Waals surface area (Å²) in [4.78, 5) is 26.0. The predicted molar refractivity (Wildman–Crippen MR) is 101 cm³/mol. The zero-order valence-corrected chi connectivity index (χ0v) is 15.1. The molecule has 0 unspecified atom stereocenters. The predicted octanol–water partition coefficient (Wildman–Crippen LogP) is 3.40. The highest BCUT2D eigenvalue weighted by Crippen LogP contribution is 2.25. The number of carbonyl (C=O) groups excluding carboxylic acids is 2. The molecule has 2 aromatic carbocycles. The molecular formula is C20H22FN3O3. The van der Waals surface area contributed by atoms with Gasteiger partial charge in [-0.2, -0.15) is 0 Å². The lowest BCUT2D eigenvalue weighted by Gasteiger charge is -2.17. The van der Waals surface area contributed by atoms with Gasteiger partial charge < -0.3 is 20.3 Å². The van der Waals surface area contributed by atoms with Crippen molar-refractivity contribution < 1.29 is 18.7 Å². The monoisotopic (exact) mass is 371 g/mol. The Hall–Kier alpha value is -3.09. The quantitative estimate of drug-likeness (QED) is 0.818. The Kier molecular flexibility index (Phi) is 5.90. The molecule has 27 heavy (non-hydrogen) atoms. The summed E-state index contributed by atoms with van der Waals surface area (Å²) in [5.41, 5.74) is 1.26. The van der Waals surface area contributed by atoms with E-state index >= 15 is 0 Å². The van der Waals surface area contributed by atoms with Gasteiger partial charge in [0, 0.05) is 31.1 Å². The van der Waals surface area contributed by atoms with Crippen molar-refractivity contribution in [3.63, 3.8) is 0 Å². The number of ether oxygens (including phenoxy) is 1. The molecule has 1 atom stereocenters. The van der Waals surface area contributed by atoms with Crippen molar-refractivity contribution in [1.29, 1.82) is 0 Å². The number of amides is 3. The number of anilines is 2. The molecule has 1 aliphatic rings. The maximum Gasteiger partial charge on any atom is 0.319 e. The molecule has 0 saturated carbocycles. The van der Waals surface area contributed by atoms with E-state index in [2.05, 4.69) is 10.6 Å². The number of rotatable bonds is 6. The van der Waals surface area contributed by atoms with Crippen molar-refractivity contribution >= 4 is 23.3 Å². The third-order valence-corrected chi connectivity index (χ3v) is 4.33. The number of benzene rings is 2. The summed E-state index contributed by atoms with van der Waals surface area (Å²) >= 11 is 0. The van der Waals surface area contributed by atoms with Crippen LogP contribution in [-0.4, -0.2) is 31.6 Å². The molecule has 142 valence electrons. The Morgan fingerprint density at radius 2 is 1.96 bits per heavy atom. The Morgan fingerprint density at radius 3 is 2.70 bits per heavy atom. The first-order valence-electron chi connectivity index (χ1n) is 8.89. The second-order valence-electron chi connectivity index (χ2n) is 6.32. The van der Waals surface area contributed by atoms with Gasteiger partial charge in [-0.15, -0.1) is 0 Å². The minimum Gasteiger partial charge on any atom is -0.492 e. The van der Waals surface area contributed by atoms with Crippen LogP contribution in [0, 0.1) is 11.7 Å². The summed E-state index contributed by atoms with van der Waals surface area (Å²) in [5.74, 6) is 0.229. The number of urea groups is 1. The fourth-order valence-electron chi connectivity index (χ4n) is 3.04. The first-order chi connectivity index (χ1) is 13.1. The van der Waals surface area contributed by atoms with Crippen molar-refractivity contribution in [3.8, 4) is 5.75 Å². The van der Waals surface area contributed by atoms with Crippen LogP contribution >= 0.6 is 0 Å². The maximum absolute atomic E-state index is 13.0. The van der Waals surface area contributed by atoms with Crippen LogP contribution in [0.4, 0.5) is 20.6 Å². The van der Waals surface area contributed by atoms with E-state index in [9.17, 15) is 14.0 Å². The third kappa shape index (κ3) is 4.75. The van der Waals surface area contributed by atoms with E-state index in [-0.39, 0.29) is 23.7 Å². The van der Waals surface area contributed by atoms with Crippen LogP contribution in [0.25, 0.3) is 0 Å². The van der Waals surface area contributed by atoms with E-state index in [0.29, 0.717) is 43.2 Å². The molecule has 0 radical (unpaired) electrons. The average Bonchev–Trinajstić information content (AvgIpc) is 3.03. The smallest absolute Gasteiger partial charge is 0.319 e. The Morgan fingerprint density at radius 1 is 1.22 bits per heavy atom. The largest absolute Gasteiger partial charge is 0.492 e. The fourth-order valence-corrected chi connectivity index (χ4v) is 3.04. The molecule has 6 nitrogen and oxygen atoms in total. The minimum atomic E-state index is -0.352. The molecule has 1 fully saturated rings. The summed E-state index contributed by atoms with van der Waals surface area (Å²) in [5, 5.41) is 5.56. The van der Waals surface area contributed by atoms with Gasteiger partial charge in [-0.3, -0.25) is 4.79 Å². The normalized spacial score (nSPS) is 16.3. The van der Waals surface area contributed by atoms with Crippen LogP contribution in [-0.2, 0) is 4.79 Å². The first-order valence-corrected chi connectivity index (χ1v) is 8.89. The molecule has 3 rings (SSSR count). The summed E-state index contributed by atoms with van der Waals surface area (Å²) in [6.45, 7) is 3.23. The lowest BCUT2D eigenvalue weighted by molar-refractivity contribution is -0.117. The SMILES string of the molecule is CCOc1ccccc1NC(=O)NC[C@@H]1CC(=O)N(c2ccc(F)cc2)C1. The van der Waals surface area contributed by atoms with Gasteiger partial charge in [0.25, 0.3) is 0 Å². The summed E-state index contributed by atoms with van der Waals surface area (Å²) in [7, 11) is 0. The number of hydrogen-bond donors (Lipinski definition) is 2. The van der Waals surface area contributed by atoms with Gasteiger partial charge in [0.05, 0.1) is 12.3 Å². The highest BCUT2D eigenvalue weighted by Gasteiger charge is 2.30. The van der Waals surface area contributed by atoms with E-state index in [4.69, 9.17) is 4.74 Å². The lowest BCUT2D eigenvalue weighted by atomic mass is 10.1. The number of halogens is 1. The van der Waals surface area contributed by atoms with Crippen LogP contribution in [0.15, 0.2) is 48.5 Å². The van der Waals surface area contributed by atoms with Crippen molar-refractivity contribution in [2.24, 2.45) is 5.92 Å². The molecule has 3 amide bonds. The molecule has 0 aromatic heterocycles. The Bertz CT molecular complexity index is 810. The molecule has 1 saturated heterocycles. The zero-order chi connectivity index (χ0) is 19.2. The van der Waals surface area contributed by atoms with Crippen LogP contribution in [0.2, 0.25) is 0 Å². The van der Waals surface area contributed by atoms with Gasteiger partial charge in [0.15, 0.2) is 0 Å². The number of hydrogen-bond acceptors (Lipinski definition) is 3. The maximum atomic E-state index is 13.0. The fraction of sp³-hybridized carbons (Fsp3) is 0.300. The van der Waals surface area contributed by atoms with Crippen LogP contribution in [0.5, 0.6) is 5.75 Å². The van der Waals surface area contributed by atoms with Crippen molar-refractivity contribution in [2.45, 2.75) is 13.3 Å². The van der Waals surface area contributed by atoms with Crippen LogP contribution < -0.4 is 20.3 Å². The van der Waals surface area contributed by atoms with Crippen molar-refractivity contribution in [3.05, 3.63) is 54.3 Å². The molecule has 1 aliphatic heterocycles. The molecule has 1 heterocycles. The van der Waals surface area contributed by atoms with Crippen LogP contribution in [0.1, 0.15) is 13.3 Å². The van der Waals surface area contributed by atoms with Crippen molar-refractivity contribution in [1.82, 2.24) is 5.32 Å². The average molecular weight is 371 g/mol. The molecular weight excluding hydrogens is 349 g/mol. The molecule has 0 bridgehead atoms. The second-order valence-corrected chi connectivity index (χ2v) is 6.32. The minimum absolute atomic E-state index is 0.00422. The highest BCUT2D eigenvalue weighted by molar-refractivity contribution is 5.96. The van der Waals surface area contributed by atoms with Gasteiger partial charge in [-0.1, -0.05) is 12.1 Å². The number of carbonyl (C=O) groups is 2. The lowest BCUT2D eigenvalue weighted by Crippen LogP contribution is -2.34. The molecule has 0 aliphatic carbocycles. The second kappa shape index (κ2) is 8.53. The van der Waals surface area contributed by atoms with Gasteiger partial charge in [-0.05, 0) is 43.3 Å². The molecule has 2 N–H and O–H groups in total. The standard InChI is InChI=1S/C20H22FN3O3/c1-2-27-18-6-4-3-5-17(18)23-20(26)22-12-14-11-19(25)24(13-14)16-9-7-15(21)8-10-16/h3-10,14H,2,11-13H2,1H3,(H2,22,23,26)/t14-/m0/s1. The van der Waals surface area contributed by atoms with E-state index in [0.717, 1.165) is 0 Å². The molecule has 0 spiro atoms. The van der Waals surface area contributed by atoms with Crippen LogP contribution in [0.3, 0.4) is 0 Å². The Balaban J connectivity index is 1.52. The molecule has 2 aromatic rings. The van der Waals surface area contributed by atoms with E-state index in [1.807, 2.05) is 19.1 Å². The van der Waals surface area contributed by atoms with E-state index in [1.54, 1.807) is 29.2 Å². The highest BCUT2D eigenvalue weighted by atomic mass is 19.1. The number of nitrogens with zero attached hydrogens (tertiary/aromatic N) is 1. The Labute approximate surface area is 157 Å². The summed E-state index contributed by atoms with van der Waals surface area (Å²) in [6.07, 6.45) is 0.340.